The quantitative estimate of drug-likeness (QED) is 0.576. The first-order valence-corrected chi connectivity index (χ1v) is 5.50. The molecule has 1 aliphatic rings. The fourth-order valence-electron chi connectivity index (χ4n) is 1.57. The van der Waals surface area contributed by atoms with Crippen LogP contribution in [0, 0.1) is 0 Å². The molecule has 0 N–H and O–H groups in total. The molecule has 3 nitrogen and oxygen atoms in total. The molecule has 0 atom stereocenters. The van der Waals surface area contributed by atoms with Crippen molar-refractivity contribution in [2.45, 2.75) is 39.2 Å². The number of carbonyl (C=O) groups excluding carboxylic acids is 1. The number of amides is 1. The molecule has 4 radical (unpaired) electrons. The van der Waals surface area contributed by atoms with Crippen molar-refractivity contribution >= 4 is 21.8 Å². The summed E-state index contributed by atoms with van der Waals surface area (Å²) >= 11 is 0. The third-order valence-electron chi connectivity index (χ3n) is 2.43. The fourth-order valence-corrected chi connectivity index (χ4v) is 1.57. The number of likely N-dealkylation sites (tertiary alicyclic amines) is 1. The SMILES string of the molecule is [B]C([B])=C1CCN(C(=O)OC(C)(C)C)CC1. The number of rotatable bonds is 0. The highest BCUT2D eigenvalue weighted by molar-refractivity contribution is 6.48. The Balaban J connectivity index is 2.49. The van der Waals surface area contributed by atoms with Crippen LogP contribution in [0.1, 0.15) is 33.6 Å². The molecule has 0 aliphatic carbocycles. The van der Waals surface area contributed by atoms with Crippen molar-refractivity contribution in [2.75, 3.05) is 13.1 Å². The van der Waals surface area contributed by atoms with Crippen LogP contribution in [0.5, 0.6) is 0 Å². The minimum Gasteiger partial charge on any atom is -0.444 e. The van der Waals surface area contributed by atoms with Crippen molar-refractivity contribution in [3.05, 3.63) is 10.9 Å². The molecule has 0 bridgehead atoms. The lowest BCUT2D eigenvalue weighted by Crippen LogP contribution is -2.40. The predicted octanol–water partition coefficient (Wildman–Crippen LogP) is 1.57. The largest absolute Gasteiger partial charge is 0.444 e. The van der Waals surface area contributed by atoms with Crippen LogP contribution in [-0.2, 0) is 4.74 Å². The lowest BCUT2D eigenvalue weighted by Gasteiger charge is -2.31. The third kappa shape index (κ3) is 3.95. The molecule has 0 saturated carbocycles. The van der Waals surface area contributed by atoms with Crippen LogP contribution in [0.4, 0.5) is 4.79 Å². The van der Waals surface area contributed by atoms with Crippen molar-refractivity contribution in [1.29, 1.82) is 0 Å². The summed E-state index contributed by atoms with van der Waals surface area (Å²) in [5.41, 5.74) is 0.597. The van der Waals surface area contributed by atoms with E-state index in [-0.39, 0.29) is 6.09 Å². The Hall–Kier alpha value is -0.860. The molecule has 1 heterocycles. The molecule has 1 fully saturated rings. The Morgan fingerprint density at radius 2 is 1.75 bits per heavy atom. The van der Waals surface area contributed by atoms with Crippen molar-refractivity contribution < 1.29 is 9.53 Å². The predicted molar refractivity (Wildman–Crippen MR) is 65.6 cm³/mol. The first kappa shape index (κ1) is 13.2. The molecule has 0 aromatic carbocycles. The van der Waals surface area contributed by atoms with Gasteiger partial charge in [-0.15, -0.1) is 0 Å². The van der Waals surface area contributed by atoms with Crippen LogP contribution in [0.2, 0.25) is 0 Å². The molecule has 1 saturated heterocycles. The zero-order valence-corrected chi connectivity index (χ0v) is 10.2. The molecule has 1 amide bonds. The highest BCUT2D eigenvalue weighted by Crippen LogP contribution is 2.19. The minimum absolute atomic E-state index is 0.262. The standard InChI is InChI=1S/C11H17B2NO2/c1-11(2,3)16-10(15)14-6-4-8(5-7-14)9(12)13/h4-7H2,1-3H3. The maximum absolute atomic E-state index is 11.7. The number of carbonyl (C=O) groups is 1. The summed E-state index contributed by atoms with van der Waals surface area (Å²) in [6, 6.07) is 0. The van der Waals surface area contributed by atoms with Gasteiger partial charge in [-0.3, -0.25) is 0 Å². The second kappa shape index (κ2) is 4.98. The van der Waals surface area contributed by atoms with Gasteiger partial charge in [0.1, 0.15) is 5.60 Å². The zero-order valence-electron chi connectivity index (χ0n) is 10.2. The molecular weight excluding hydrogens is 200 g/mol. The molecule has 84 valence electrons. The summed E-state index contributed by atoms with van der Waals surface area (Å²) in [4.78, 5) is 13.4. The van der Waals surface area contributed by atoms with E-state index in [9.17, 15) is 4.79 Å². The van der Waals surface area contributed by atoms with Gasteiger partial charge in [-0.05, 0) is 33.6 Å². The van der Waals surface area contributed by atoms with Crippen molar-refractivity contribution in [1.82, 2.24) is 4.90 Å². The van der Waals surface area contributed by atoms with Crippen molar-refractivity contribution in [2.24, 2.45) is 0 Å². The normalized spacial score (nSPS) is 17.2. The first-order valence-electron chi connectivity index (χ1n) is 5.50. The Morgan fingerprint density at radius 1 is 1.25 bits per heavy atom. The van der Waals surface area contributed by atoms with Crippen LogP contribution in [0.15, 0.2) is 10.9 Å². The van der Waals surface area contributed by atoms with E-state index in [2.05, 4.69) is 0 Å². The van der Waals surface area contributed by atoms with Gasteiger partial charge in [-0.2, -0.15) is 5.37 Å². The second-order valence-electron chi connectivity index (χ2n) is 5.03. The molecule has 16 heavy (non-hydrogen) atoms. The van der Waals surface area contributed by atoms with Crippen molar-refractivity contribution in [3.8, 4) is 0 Å². The van der Waals surface area contributed by atoms with E-state index < -0.39 is 5.60 Å². The van der Waals surface area contributed by atoms with Crippen LogP contribution < -0.4 is 0 Å². The van der Waals surface area contributed by atoms with E-state index in [0.717, 1.165) is 18.4 Å². The maximum Gasteiger partial charge on any atom is 0.410 e. The highest BCUT2D eigenvalue weighted by atomic mass is 16.6. The van der Waals surface area contributed by atoms with E-state index in [4.69, 9.17) is 20.4 Å². The van der Waals surface area contributed by atoms with Crippen LogP contribution in [-0.4, -0.2) is 45.4 Å². The van der Waals surface area contributed by atoms with Gasteiger partial charge in [-0.25, -0.2) is 4.79 Å². The van der Waals surface area contributed by atoms with Gasteiger partial charge in [-0.1, -0.05) is 5.57 Å². The molecule has 1 aliphatic heterocycles. The molecule has 0 unspecified atom stereocenters. The number of hydrogen-bond acceptors (Lipinski definition) is 2. The highest BCUT2D eigenvalue weighted by Gasteiger charge is 2.24. The molecule has 0 spiro atoms. The third-order valence-corrected chi connectivity index (χ3v) is 2.43. The topological polar surface area (TPSA) is 29.5 Å². The molecular formula is C11H17B2NO2. The summed E-state index contributed by atoms with van der Waals surface area (Å²) < 4.78 is 5.28. The van der Waals surface area contributed by atoms with E-state index in [1.54, 1.807) is 4.90 Å². The molecule has 1 rings (SSSR count). The summed E-state index contributed by atoms with van der Waals surface area (Å²) in [5, 5.41) is 0.392. The average molecular weight is 217 g/mol. The fraction of sp³-hybridized carbons (Fsp3) is 0.727. The van der Waals surface area contributed by atoms with E-state index in [1.807, 2.05) is 20.8 Å². The maximum atomic E-state index is 11.7. The lowest BCUT2D eigenvalue weighted by atomic mass is 9.73. The van der Waals surface area contributed by atoms with E-state index in [0.29, 0.717) is 18.5 Å². The number of ether oxygens (including phenoxy) is 1. The Bertz CT molecular complexity index is 294. The Kier molecular flexibility index (Phi) is 4.11. The first-order chi connectivity index (χ1) is 7.29. The Morgan fingerprint density at radius 3 is 2.12 bits per heavy atom. The van der Waals surface area contributed by atoms with Crippen molar-refractivity contribution in [3.63, 3.8) is 0 Å². The average Bonchev–Trinajstić information content (AvgIpc) is 2.15. The lowest BCUT2D eigenvalue weighted by molar-refractivity contribution is 0.0236. The van der Waals surface area contributed by atoms with Gasteiger partial charge in [0.25, 0.3) is 0 Å². The number of nitrogens with zero attached hydrogens (tertiary/aromatic N) is 1. The van der Waals surface area contributed by atoms with Gasteiger partial charge in [0.05, 0.1) is 15.7 Å². The smallest absolute Gasteiger partial charge is 0.410 e. The van der Waals surface area contributed by atoms with E-state index >= 15 is 0 Å². The number of piperidine rings is 1. The summed E-state index contributed by atoms with van der Waals surface area (Å²) in [7, 11) is 11.0. The molecule has 0 aromatic rings. The zero-order chi connectivity index (χ0) is 12.3. The van der Waals surface area contributed by atoms with Crippen LogP contribution in [0.3, 0.4) is 0 Å². The Labute approximate surface area is 100 Å². The van der Waals surface area contributed by atoms with Gasteiger partial charge in [0, 0.05) is 13.1 Å². The van der Waals surface area contributed by atoms with Gasteiger partial charge >= 0.3 is 6.09 Å². The summed E-state index contributed by atoms with van der Waals surface area (Å²) in [6.45, 7) is 6.83. The molecule has 0 aromatic heterocycles. The minimum atomic E-state index is -0.444. The number of hydrogen-bond donors (Lipinski definition) is 0. The summed E-state index contributed by atoms with van der Waals surface area (Å²) in [5.74, 6) is 0. The van der Waals surface area contributed by atoms with Gasteiger partial charge < -0.3 is 9.64 Å². The van der Waals surface area contributed by atoms with Crippen LogP contribution in [0.25, 0.3) is 0 Å². The molecule has 5 heteroatoms. The van der Waals surface area contributed by atoms with Gasteiger partial charge in [0.15, 0.2) is 0 Å². The second-order valence-corrected chi connectivity index (χ2v) is 5.03. The van der Waals surface area contributed by atoms with E-state index in [1.165, 1.54) is 0 Å². The summed E-state index contributed by atoms with van der Waals surface area (Å²) in [6.07, 6.45) is 1.21. The van der Waals surface area contributed by atoms with Gasteiger partial charge in [0.2, 0.25) is 0 Å². The van der Waals surface area contributed by atoms with Crippen LogP contribution >= 0.6 is 0 Å². The monoisotopic (exact) mass is 217 g/mol.